The van der Waals surface area contributed by atoms with Crippen molar-refractivity contribution in [3.63, 3.8) is 0 Å². The van der Waals surface area contributed by atoms with Gasteiger partial charge in [-0.1, -0.05) is 43.7 Å². The van der Waals surface area contributed by atoms with E-state index in [2.05, 4.69) is 41.4 Å². The molecule has 1 N–H and O–H groups in total. The van der Waals surface area contributed by atoms with Crippen LogP contribution < -0.4 is 5.32 Å². The summed E-state index contributed by atoms with van der Waals surface area (Å²) in [5.41, 5.74) is 1.35. The number of rotatable bonds is 6. The van der Waals surface area contributed by atoms with Crippen molar-refractivity contribution in [1.82, 2.24) is 10.2 Å². The molecular weight excluding hydrogens is 236 g/mol. The SMILES string of the molecule is CCCCC(=O)NC1CCN(Cc2ccccc2)C1. The normalized spacial score (nSPS) is 19.5. The number of likely N-dealkylation sites (tertiary alicyclic amines) is 1. The van der Waals surface area contributed by atoms with Crippen molar-refractivity contribution in [2.24, 2.45) is 0 Å². The minimum absolute atomic E-state index is 0.216. The largest absolute Gasteiger partial charge is 0.352 e. The van der Waals surface area contributed by atoms with Crippen LogP contribution in [0, 0.1) is 0 Å². The van der Waals surface area contributed by atoms with Gasteiger partial charge in [0, 0.05) is 32.1 Å². The molecule has 1 aromatic rings. The second-order valence-electron chi connectivity index (χ2n) is 5.38. The average molecular weight is 260 g/mol. The third-order valence-corrected chi connectivity index (χ3v) is 3.64. The summed E-state index contributed by atoms with van der Waals surface area (Å²) >= 11 is 0. The molecule has 3 nitrogen and oxygen atoms in total. The Labute approximate surface area is 116 Å². The third kappa shape index (κ3) is 4.67. The molecule has 0 saturated carbocycles. The Hall–Kier alpha value is -1.35. The Morgan fingerprint density at radius 3 is 2.89 bits per heavy atom. The molecular formula is C16H24N2O. The van der Waals surface area contributed by atoms with Crippen LogP contribution in [0.15, 0.2) is 30.3 Å². The van der Waals surface area contributed by atoms with Crippen molar-refractivity contribution < 1.29 is 4.79 Å². The number of hydrogen-bond donors (Lipinski definition) is 1. The molecule has 1 atom stereocenters. The van der Waals surface area contributed by atoms with Crippen LogP contribution >= 0.6 is 0 Å². The topological polar surface area (TPSA) is 32.3 Å². The van der Waals surface area contributed by atoms with Crippen molar-refractivity contribution >= 4 is 5.91 Å². The van der Waals surface area contributed by atoms with E-state index in [1.807, 2.05) is 6.07 Å². The summed E-state index contributed by atoms with van der Waals surface area (Å²) in [6.07, 6.45) is 3.82. The maximum Gasteiger partial charge on any atom is 0.220 e. The van der Waals surface area contributed by atoms with Gasteiger partial charge in [-0.25, -0.2) is 0 Å². The number of hydrogen-bond acceptors (Lipinski definition) is 2. The molecule has 1 heterocycles. The molecule has 104 valence electrons. The maximum absolute atomic E-state index is 11.7. The van der Waals surface area contributed by atoms with Gasteiger partial charge in [0.2, 0.25) is 5.91 Å². The summed E-state index contributed by atoms with van der Waals surface area (Å²) in [7, 11) is 0. The van der Waals surface area contributed by atoms with Gasteiger partial charge in [0.25, 0.3) is 0 Å². The van der Waals surface area contributed by atoms with Gasteiger partial charge in [-0.15, -0.1) is 0 Å². The molecule has 19 heavy (non-hydrogen) atoms. The average Bonchev–Trinajstić information content (AvgIpc) is 2.85. The minimum atomic E-state index is 0.216. The zero-order valence-corrected chi connectivity index (χ0v) is 11.8. The molecule has 1 unspecified atom stereocenters. The fraction of sp³-hybridized carbons (Fsp3) is 0.562. The maximum atomic E-state index is 11.7. The predicted octanol–water partition coefficient (Wildman–Crippen LogP) is 2.57. The molecule has 0 bridgehead atoms. The predicted molar refractivity (Wildman–Crippen MR) is 77.8 cm³/mol. The van der Waals surface area contributed by atoms with Crippen molar-refractivity contribution in [3.8, 4) is 0 Å². The van der Waals surface area contributed by atoms with Gasteiger partial charge in [0.1, 0.15) is 0 Å². The highest BCUT2D eigenvalue weighted by Gasteiger charge is 2.23. The van der Waals surface area contributed by atoms with Gasteiger partial charge in [-0.05, 0) is 18.4 Å². The lowest BCUT2D eigenvalue weighted by Gasteiger charge is -2.16. The van der Waals surface area contributed by atoms with Crippen molar-refractivity contribution in [2.75, 3.05) is 13.1 Å². The summed E-state index contributed by atoms with van der Waals surface area (Å²) in [6.45, 7) is 5.16. The highest BCUT2D eigenvalue weighted by atomic mass is 16.1. The quantitative estimate of drug-likeness (QED) is 0.852. The molecule has 1 fully saturated rings. The number of carbonyl (C=O) groups excluding carboxylic acids is 1. The van der Waals surface area contributed by atoms with Gasteiger partial charge in [-0.2, -0.15) is 0 Å². The molecule has 0 aromatic heterocycles. The highest BCUT2D eigenvalue weighted by molar-refractivity contribution is 5.76. The number of benzene rings is 1. The Morgan fingerprint density at radius 1 is 1.37 bits per heavy atom. The summed E-state index contributed by atoms with van der Waals surface area (Å²) in [4.78, 5) is 14.1. The zero-order valence-electron chi connectivity index (χ0n) is 11.8. The molecule has 0 radical (unpaired) electrons. The van der Waals surface area contributed by atoms with E-state index in [1.165, 1.54) is 5.56 Å². The number of amides is 1. The van der Waals surface area contributed by atoms with Crippen LogP contribution in [0.5, 0.6) is 0 Å². The molecule has 1 aliphatic rings. The Kier molecular flexibility index (Phi) is 5.40. The van der Waals surface area contributed by atoms with Crippen LogP contribution in [0.4, 0.5) is 0 Å². The fourth-order valence-corrected chi connectivity index (χ4v) is 2.57. The Morgan fingerprint density at radius 2 is 2.16 bits per heavy atom. The second kappa shape index (κ2) is 7.29. The lowest BCUT2D eigenvalue weighted by Crippen LogP contribution is -2.36. The first kappa shape index (κ1) is 14.1. The van der Waals surface area contributed by atoms with E-state index in [1.54, 1.807) is 0 Å². The first-order chi connectivity index (χ1) is 9.28. The molecule has 2 rings (SSSR count). The van der Waals surface area contributed by atoms with Crippen molar-refractivity contribution in [2.45, 2.75) is 45.2 Å². The van der Waals surface area contributed by atoms with E-state index in [-0.39, 0.29) is 5.91 Å². The summed E-state index contributed by atoms with van der Waals surface area (Å²) in [5.74, 6) is 0.216. The van der Waals surface area contributed by atoms with Crippen molar-refractivity contribution in [1.29, 1.82) is 0 Å². The molecule has 0 spiro atoms. The molecule has 3 heteroatoms. The van der Waals surface area contributed by atoms with Gasteiger partial charge in [0.05, 0.1) is 0 Å². The van der Waals surface area contributed by atoms with Crippen molar-refractivity contribution in [3.05, 3.63) is 35.9 Å². The Balaban J connectivity index is 1.72. The molecule has 1 saturated heterocycles. The number of nitrogens with zero attached hydrogens (tertiary/aromatic N) is 1. The third-order valence-electron chi connectivity index (χ3n) is 3.64. The van der Waals surface area contributed by atoms with E-state index in [0.29, 0.717) is 12.5 Å². The first-order valence-corrected chi connectivity index (χ1v) is 7.33. The van der Waals surface area contributed by atoms with Gasteiger partial charge >= 0.3 is 0 Å². The summed E-state index contributed by atoms with van der Waals surface area (Å²) in [6, 6.07) is 10.9. The Bertz CT molecular complexity index is 391. The summed E-state index contributed by atoms with van der Waals surface area (Å²) < 4.78 is 0. The molecule has 1 amide bonds. The van der Waals surface area contributed by atoms with Crippen LogP contribution in [0.2, 0.25) is 0 Å². The monoisotopic (exact) mass is 260 g/mol. The van der Waals surface area contributed by atoms with Crippen LogP contribution in [0.25, 0.3) is 0 Å². The summed E-state index contributed by atoms with van der Waals surface area (Å²) in [5, 5.41) is 3.15. The van der Waals surface area contributed by atoms with E-state index in [4.69, 9.17) is 0 Å². The molecule has 1 aromatic carbocycles. The van der Waals surface area contributed by atoms with Gasteiger partial charge in [-0.3, -0.25) is 9.69 Å². The smallest absolute Gasteiger partial charge is 0.220 e. The number of nitrogens with one attached hydrogen (secondary N) is 1. The number of unbranched alkanes of at least 4 members (excludes halogenated alkanes) is 1. The van der Waals surface area contributed by atoms with Gasteiger partial charge in [0.15, 0.2) is 0 Å². The van der Waals surface area contributed by atoms with E-state index >= 15 is 0 Å². The lowest BCUT2D eigenvalue weighted by molar-refractivity contribution is -0.121. The number of carbonyl (C=O) groups is 1. The highest BCUT2D eigenvalue weighted by Crippen LogP contribution is 2.13. The van der Waals surface area contributed by atoms with Crippen LogP contribution in [0.1, 0.15) is 38.2 Å². The molecule has 1 aliphatic heterocycles. The standard InChI is InChI=1S/C16H24N2O/c1-2-3-9-16(19)17-15-10-11-18(13-15)12-14-7-5-4-6-8-14/h4-8,15H,2-3,9-13H2,1H3,(H,17,19). The van der Waals surface area contributed by atoms with Crippen LogP contribution in [-0.4, -0.2) is 29.9 Å². The van der Waals surface area contributed by atoms with E-state index in [9.17, 15) is 4.79 Å². The minimum Gasteiger partial charge on any atom is -0.352 e. The first-order valence-electron chi connectivity index (χ1n) is 7.33. The lowest BCUT2D eigenvalue weighted by atomic mass is 10.2. The van der Waals surface area contributed by atoms with E-state index < -0.39 is 0 Å². The van der Waals surface area contributed by atoms with Gasteiger partial charge < -0.3 is 5.32 Å². The van der Waals surface area contributed by atoms with Crippen LogP contribution in [-0.2, 0) is 11.3 Å². The second-order valence-corrected chi connectivity index (χ2v) is 5.38. The van der Waals surface area contributed by atoms with E-state index in [0.717, 1.165) is 38.9 Å². The zero-order chi connectivity index (χ0) is 13.5. The van der Waals surface area contributed by atoms with Crippen LogP contribution in [0.3, 0.4) is 0 Å². The fourth-order valence-electron chi connectivity index (χ4n) is 2.57. The molecule has 0 aliphatic carbocycles.